The lowest BCUT2D eigenvalue weighted by Gasteiger charge is -2.21. The molecule has 1 aliphatic heterocycles. The molecular formula is C15H21N3O2S. The van der Waals surface area contributed by atoms with Gasteiger partial charge in [-0.1, -0.05) is 13.3 Å². The Morgan fingerprint density at radius 3 is 2.81 bits per heavy atom. The topological polar surface area (TPSA) is 87.2 Å². The molecule has 0 amide bonds. The maximum atomic E-state index is 12.8. The fourth-order valence-corrected chi connectivity index (χ4v) is 4.40. The monoisotopic (exact) mass is 307 g/mol. The second-order valence-corrected chi connectivity index (χ2v) is 7.38. The molecule has 6 heteroatoms. The van der Waals surface area contributed by atoms with Crippen LogP contribution in [-0.2, 0) is 10.0 Å². The van der Waals surface area contributed by atoms with Crippen LogP contribution in [-0.4, -0.2) is 25.8 Å². The average molecular weight is 307 g/mol. The minimum atomic E-state index is -3.62. The molecule has 0 radical (unpaired) electrons. The van der Waals surface area contributed by atoms with Gasteiger partial charge in [0.25, 0.3) is 0 Å². The molecule has 2 N–H and O–H groups in total. The van der Waals surface area contributed by atoms with E-state index in [4.69, 9.17) is 11.0 Å². The van der Waals surface area contributed by atoms with Crippen molar-refractivity contribution in [1.29, 1.82) is 5.26 Å². The highest BCUT2D eigenvalue weighted by Crippen LogP contribution is 2.27. The number of hydrogen-bond donors (Lipinski definition) is 1. The van der Waals surface area contributed by atoms with Crippen LogP contribution < -0.4 is 5.73 Å². The molecule has 1 aromatic carbocycles. The van der Waals surface area contributed by atoms with E-state index in [1.807, 2.05) is 6.07 Å². The summed E-state index contributed by atoms with van der Waals surface area (Å²) >= 11 is 0. The number of nitrogens with zero attached hydrogens (tertiary/aromatic N) is 2. The van der Waals surface area contributed by atoms with Crippen LogP contribution in [0.1, 0.15) is 38.2 Å². The lowest BCUT2D eigenvalue weighted by atomic mass is 9.98. The first kappa shape index (κ1) is 15.8. The van der Waals surface area contributed by atoms with E-state index >= 15 is 0 Å². The zero-order chi connectivity index (χ0) is 15.5. The molecule has 1 fully saturated rings. The standard InChI is InChI=1S/C15H21N3O2S/c1-2-12-4-3-8-18(9-7-12)21(19,20)15-6-5-14(17)10-13(15)11-16/h5-6,10,12H,2-4,7-9,17H2,1H3. The van der Waals surface area contributed by atoms with E-state index in [-0.39, 0.29) is 10.5 Å². The Morgan fingerprint density at radius 2 is 2.14 bits per heavy atom. The highest BCUT2D eigenvalue weighted by molar-refractivity contribution is 7.89. The first-order valence-corrected chi connectivity index (χ1v) is 8.72. The molecule has 0 spiro atoms. The smallest absolute Gasteiger partial charge is 0.244 e. The van der Waals surface area contributed by atoms with E-state index in [9.17, 15) is 8.42 Å². The summed E-state index contributed by atoms with van der Waals surface area (Å²) in [5, 5.41) is 9.15. The van der Waals surface area contributed by atoms with Gasteiger partial charge in [-0.15, -0.1) is 0 Å². The van der Waals surface area contributed by atoms with Gasteiger partial charge in [0.1, 0.15) is 11.0 Å². The minimum Gasteiger partial charge on any atom is -0.399 e. The molecule has 5 nitrogen and oxygen atoms in total. The molecular weight excluding hydrogens is 286 g/mol. The van der Waals surface area contributed by atoms with E-state index < -0.39 is 10.0 Å². The molecule has 0 aliphatic carbocycles. The SMILES string of the molecule is CCC1CCCN(S(=O)(=O)c2ccc(N)cc2C#N)CC1. The van der Waals surface area contributed by atoms with Crippen molar-refractivity contribution in [1.82, 2.24) is 4.31 Å². The number of nitrogens with two attached hydrogens (primary N) is 1. The summed E-state index contributed by atoms with van der Waals surface area (Å²) in [5.41, 5.74) is 6.14. The van der Waals surface area contributed by atoms with Crippen LogP contribution in [0.15, 0.2) is 23.1 Å². The van der Waals surface area contributed by atoms with Crippen molar-refractivity contribution in [3.8, 4) is 6.07 Å². The van der Waals surface area contributed by atoms with Gasteiger partial charge in [0.15, 0.2) is 0 Å². The molecule has 1 aliphatic rings. The Bertz CT molecular complexity index is 649. The first-order valence-electron chi connectivity index (χ1n) is 7.28. The molecule has 1 heterocycles. The van der Waals surface area contributed by atoms with Crippen LogP contribution in [0.5, 0.6) is 0 Å². The second kappa shape index (κ2) is 6.46. The molecule has 2 rings (SSSR count). The van der Waals surface area contributed by atoms with E-state index in [0.29, 0.717) is 24.7 Å². The fourth-order valence-electron chi connectivity index (χ4n) is 2.79. The molecule has 0 bridgehead atoms. The second-order valence-electron chi connectivity index (χ2n) is 5.48. The molecule has 1 unspecified atom stereocenters. The van der Waals surface area contributed by atoms with Gasteiger partial charge in [0, 0.05) is 18.8 Å². The van der Waals surface area contributed by atoms with Gasteiger partial charge in [-0.3, -0.25) is 0 Å². The maximum Gasteiger partial charge on any atom is 0.244 e. The molecule has 1 atom stereocenters. The summed E-state index contributed by atoms with van der Waals surface area (Å²) in [6, 6.07) is 6.31. The highest BCUT2D eigenvalue weighted by Gasteiger charge is 2.29. The third kappa shape index (κ3) is 3.36. The van der Waals surface area contributed by atoms with Gasteiger partial charge in [-0.2, -0.15) is 9.57 Å². The fraction of sp³-hybridized carbons (Fsp3) is 0.533. The van der Waals surface area contributed by atoms with E-state index in [0.717, 1.165) is 25.7 Å². The Balaban J connectivity index is 2.32. The van der Waals surface area contributed by atoms with Crippen molar-refractivity contribution in [2.24, 2.45) is 5.92 Å². The van der Waals surface area contributed by atoms with Crippen molar-refractivity contribution >= 4 is 15.7 Å². The molecule has 114 valence electrons. The third-order valence-corrected chi connectivity index (χ3v) is 6.08. The molecule has 21 heavy (non-hydrogen) atoms. The lowest BCUT2D eigenvalue weighted by molar-refractivity contribution is 0.407. The molecule has 1 aromatic rings. The van der Waals surface area contributed by atoms with Crippen molar-refractivity contribution < 1.29 is 8.42 Å². The largest absolute Gasteiger partial charge is 0.399 e. The Morgan fingerprint density at radius 1 is 1.38 bits per heavy atom. The predicted molar refractivity (Wildman–Crippen MR) is 82.0 cm³/mol. The number of sulfonamides is 1. The van der Waals surface area contributed by atoms with Crippen LogP contribution in [0, 0.1) is 17.2 Å². The van der Waals surface area contributed by atoms with Gasteiger partial charge in [0.05, 0.1) is 5.56 Å². The van der Waals surface area contributed by atoms with Crippen molar-refractivity contribution in [3.63, 3.8) is 0 Å². The number of nitriles is 1. The first-order chi connectivity index (χ1) is 9.98. The Hall–Kier alpha value is -1.58. The van der Waals surface area contributed by atoms with Gasteiger partial charge < -0.3 is 5.73 Å². The molecule has 0 saturated carbocycles. The maximum absolute atomic E-state index is 12.8. The van der Waals surface area contributed by atoms with Crippen LogP contribution >= 0.6 is 0 Å². The van der Waals surface area contributed by atoms with Crippen LogP contribution in [0.3, 0.4) is 0 Å². The Labute approximate surface area is 126 Å². The summed E-state index contributed by atoms with van der Waals surface area (Å²) in [5.74, 6) is 0.590. The van der Waals surface area contributed by atoms with Crippen molar-refractivity contribution in [3.05, 3.63) is 23.8 Å². The highest BCUT2D eigenvalue weighted by atomic mass is 32.2. The van der Waals surface area contributed by atoms with E-state index in [2.05, 4.69) is 6.92 Å². The van der Waals surface area contributed by atoms with Crippen molar-refractivity contribution in [2.45, 2.75) is 37.5 Å². The lowest BCUT2D eigenvalue weighted by Crippen LogP contribution is -2.32. The quantitative estimate of drug-likeness (QED) is 0.868. The zero-order valence-electron chi connectivity index (χ0n) is 12.2. The summed E-state index contributed by atoms with van der Waals surface area (Å²) in [7, 11) is -3.62. The van der Waals surface area contributed by atoms with Crippen LogP contribution in [0.2, 0.25) is 0 Å². The van der Waals surface area contributed by atoms with Crippen molar-refractivity contribution in [2.75, 3.05) is 18.8 Å². The van der Waals surface area contributed by atoms with Crippen LogP contribution in [0.4, 0.5) is 5.69 Å². The van der Waals surface area contributed by atoms with Gasteiger partial charge in [-0.25, -0.2) is 8.42 Å². The van der Waals surface area contributed by atoms with E-state index in [1.54, 1.807) is 0 Å². The Kier molecular flexibility index (Phi) is 4.86. The van der Waals surface area contributed by atoms with Crippen LogP contribution in [0.25, 0.3) is 0 Å². The number of anilines is 1. The third-order valence-electron chi connectivity index (χ3n) is 4.13. The summed E-state index contributed by atoms with van der Waals surface area (Å²) in [6.45, 7) is 3.19. The van der Waals surface area contributed by atoms with Gasteiger partial charge in [-0.05, 0) is 43.4 Å². The number of nitrogen functional groups attached to an aromatic ring is 1. The normalized spacial score (nSPS) is 20.7. The summed E-state index contributed by atoms with van der Waals surface area (Å²) in [4.78, 5) is 0.0640. The summed E-state index contributed by atoms with van der Waals surface area (Å²) < 4.78 is 27.0. The zero-order valence-corrected chi connectivity index (χ0v) is 13.1. The van der Waals surface area contributed by atoms with Gasteiger partial charge >= 0.3 is 0 Å². The van der Waals surface area contributed by atoms with E-state index in [1.165, 1.54) is 22.5 Å². The summed E-state index contributed by atoms with van der Waals surface area (Å²) in [6.07, 6.45) is 3.90. The average Bonchev–Trinajstić information content (AvgIpc) is 2.72. The molecule has 0 aromatic heterocycles. The minimum absolute atomic E-state index is 0.0640. The number of hydrogen-bond acceptors (Lipinski definition) is 4. The van der Waals surface area contributed by atoms with Gasteiger partial charge in [0.2, 0.25) is 10.0 Å². The predicted octanol–water partition coefficient (Wildman–Crippen LogP) is 2.34. The molecule has 1 saturated heterocycles. The number of benzene rings is 1. The number of rotatable bonds is 3.